The van der Waals surface area contributed by atoms with Crippen LogP contribution in [0.4, 0.5) is 0 Å². The average molecular weight is 205 g/mol. The Hall–Kier alpha value is -0.960. The van der Waals surface area contributed by atoms with E-state index >= 15 is 0 Å². The van der Waals surface area contributed by atoms with Crippen LogP contribution < -0.4 is 5.32 Å². The van der Waals surface area contributed by atoms with Crippen LogP contribution in [-0.2, 0) is 19.4 Å². The summed E-state index contributed by atoms with van der Waals surface area (Å²) in [6, 6.07) is 0. The third-order valence-electron chi connectivity index (χ3n) is 2.56. The molecule has 2 rings (SSSR count). The van der Waals surface area contributed by atoms with Gasteiger partial charge in [-0.3, -0.25) is 0 Å². The summed E-state index contributed by atoms with van der Waals surface area (Å²) in [6.07, 6.45) is 4.01. The summed E-state index contributed by atoms with van der Waals surface area (Å²) >= 11 is 0. The minimum absolute atomic E-state index is 0.260. The second kappa shape index (κ2) is 3.89. The van der Waals surface area contributed by atoms with Crippen LogP contribution in [0.25, 0.3) is 0 Å². The van der Waals surface area contributed by atoms with Gasteiger partial charge in [-0.25, -0.2) is 9.97 Å². The molecule has 1 aromatic rings. The van der Waals surface area contributed by atoms with Crippen LogP contribution in [-0.4, -0.2) is 16.5 Å². The molecule has 0 amide bonds. The number of hydrogen-bond donors (Lipinski definition) is 1. The highest BCUT2D eigenvalue weighted by molar-refractivity contribution is 5.20. The van der Waals surface area contributed by atoms with Crippen LogP contribution in [0.1, 0.15) is 37.9 Å². The summed E-state index contributed by atoms with van der Waals surface area (Å²) in [5.41, 5.74) is 2.76. The predicted octanol–water partition coefficient (Wildman–Crippen LogP) is 1.71. The van der Waals surface area contributed by atoms with Gasteiger partial charge in [0.15, 0.2) is 0 Å². The minimum Gasteiger partial charge on any atom is -0.311 e. The molecule has 1 aliphatic heterocycles. The standard InChI is InChI=1S/C12H19N3/c1-12(2,3)6-11-14-7-9-4-5-13-8-10(9)15-11/h7,13H,4-6,8H2,1-3H3. The Bertz CT molecular complexity index is 352. The van der Waals surface area contributed by atoms with E-state index in [4.69, 9.17) is 0 Å². The van der Waals surface area contributed by atoms with Crippen molar-refractivity contribution in [2.75, 3.05) is 6.54 Å². The number of rotatable bonds is 1. The molecule has 2 heterocycles. The molecule has 3 heteroatoms. The molecule has 82 valence electrons. The smallest absolute Gasteiger partial charge is 0.129 e. The van der Waals surface area contributed by atoms with Crippen molar-refractivity contribution in [3.8, 4) is 0 Å². The number of nitrogens with one attached hydrogen (secondary N) is 1. The summed E-state index contributed by atoms with van der Waals surface area (Å²) in [5.74, 6) is 0.977. The summed E-state index contributed by atoms with van der Waals surface area (Å²) in [7, 11) is 0. The second-order valence-electron chi connectivity index (χ2n) is 5.42. The maximum absolute atomic E-state index is 4.63. The van der Waals surface area contributed by atoms with Crippen LogP contribution in [0, 0.1) is 5.41 Å². The highest BCUT2D eigenvalue weighted by atomic mass is 15.0. The van der Waals surface area contributed by atoms with Gasteiger partial charge in [-0.05, 0) is 23.9 Å². The largest absolute Gasteiger partial charge is 0.311 e. The maximum atomic E-state index is 4.63. The number of aromatic nitrogens is 2. The number of nitrogens with zero attached hydrogens (tertiary/aromatic N) is 2. The van der Waals surface area contributed by atoms with Gasteiger partial charge in [0.2, 0.25) is 0 Å². The molecule has 0 aromatic carbocycles. The first-order valence-corrected chi connectivity index (χ1v) is 5.59. The Balaban J connectivity index is 2.21. The van der Waals surface area contributed by atoms with E-state index in [1.54, 1.807) is 0 Å². The predicted molar refractivity (Wildman–Crippen MR) is 60.6 cm³/mol. The Morgan fingerprint density at radius 2 is 2.20 bits per heavy atom. The minimum atomic E-state index is 0.260. The highest BCUT2D eigenvalue weighted by Gasteiger charge is 2.16. The van der Waals surface area contributed by atoms with E-state index in [-0.39, 0.29) is 5.41 Å². The molecule has 0 saturated carbocycles. The zero-order valence-corrected chi connectivity index (χ0v) is 9.80. The van der Waals surface area contributed by atoms with Gasteiger partial charge in [0, 0.05) is 19.2 Å². The van der Waals surface area contributed by atoms with Crippen molar-refractivity contribution < 1.29 is 0 Å². The van der Waals surface area contributed by atoms with Gasteiger partial charge in [0.25, 0.3) is 0 Å². The third kappa shape index (κ3) is 2.75. The van der Waals surface area contributed by atoms with Crippen LogP contribution in [0.3, 0.4) is 0 Å². The first kappa shape index (κ1) is 10.6. The molecule has 0 fully saturated rings. The van der Waals surface area contributed by atoms with Crippen molar-refractivity contribution in [1.29, 1.82) is 0 Å². The van der Waals surface area contributed by atoms with Crippen LogP contribution in [0.15, 0.2) is 6.20 Å². The molecule has 0 spiro atoms. The molecule has 3 nitrogen and oxygen atoms in total. The van der Waals surface area contributed by atoms with Gasteiger partial charge in [-0.1, -0.05) is 20.8 Å². The molecular weight excluding hydrogens is 186 g/mol. The Labute approximate surface area is 91.3 Å². The van der Waals surface area contributed by atoms with Crippen molar-refractivity contribution in [3.63, 3.8) is 0 Å². The molecule has 15 heavy (non-hydrogen) atoms. The number of fused-ring (bicyclic) bond motifs is 1. The monoisotopic (exact) mass is 205 g/mol. The molecule has 1 aliphatic rings. The molecule has 0 saturated heterocycles. The fourth-order valence-corrected chi connectivity index (χ4v) is 1.83. The molecular formula is C12H19N3. The van der Waals surface area contributed by atoms with Crippen LogP contribution in [0.5, 0.6) is 0 Å². The molecule has 1 aromatic heterocycles. The van der Waals surface area contributed by atoms with Gasteiger partial charge >= 0.3 is 0 Å². The van der Waals surface area contributed by atoms with E-state index in [1.807, 2.05) is 6.20 Å². The summed E-state index contributed by atoms with van der Waals surface area (Å²) in [4.78, 5) is 9.06. The lowest BCUT2D eigenvalue weighted by Crippen LogP contribution is -2.26. The van der Waals surface area contributed by atoms with E-state index < -0.39 is 0 Å². The number of hydrogen-bond acceptors (Lipinski definition) is 3. The van der Waals surface area contributed by atoms with Crippen molar-refractivity contribution in [2.45, 2.75) is 40.2 Å². The van der Waals surface area contributed by atoms with E-state index in [1.165, 1.54) is 11.3 Å². The summed E-state index contributed by atoms with van der Waals surface area (Å²) in [5, 5.41) is 3.34. The van der Waals surface area contributed by atoms with Crippen molar-refractivity contribution in [3.05, 3.63) is 23.3 Å². The normalized spacial score (nSPS) is 16.2. The molecule has 0 bridgehead atoms. The lowest BCUT2D eigenvalue weighted by Gasteiger charge is -2.20. The Morgan fingerprint density at radius 1 is 1.40 bits per heavy atom. The average Bonchev–Trinajstić information content (AvgIpc) is 2.15. The third-order valence-corrected chi connectivity index (χ3v) is 2.56. The van der Waals surface area contributed by atoms with Gasteiger partial charge < -0.3 is 5.32 Å². The highest BCUT2D eigenvalue weighted by Crippen LogP contribution is 2.19. The second-order valence-corrected chi connectivity index (χ2v) is 5.42. The van der Waals surface area contributed by atoms with E-state index in [9.17, 15) is 0 Å². The first-order chi connectivity index (χ1) is 7.04. The lowest BCUT2D eigenvalue weighted by molar-refractivity contribution is 0.399. The molecule has 0 radical (unpaired) electrons. The summed E-state index contributed by atoms with van der Waals surface area (Å²) < 4.78 is 0. The van der Waals surface area contributed by atoms with E-state index in [0.717, 1.165) is 31.8 Å². The van der Waals surface area contributed by atoms with Gasteiger partial charge in [-0.15, -0.1) is 0 Å². The quantitative estimate of drug-likeness (QED) is 0.758. The van der Waals surface area contributed by atoms with Gasteiger partial charge in [0.1, 0.15) is 5.82 Å². The molecule has 0 aliphatic carbocycles. The SMILES string of the molecule is CC(C)(C)Cc1ncc2c(n1)CNCC2. The van der Waals surface area contributed by atoms with E-state index in [2.05, 4.69) is 36.1 Å². The Morgan fingerprint density at radius 3 is 2.93 bits per heavy atom. The first-order valence-electron chi connectivity index (χ1n) is 5.59. The topological polar surface area (TPSA) is 37.8 Å². The van der Waals surface area contributed by atoms with Gasteiger partial charge in [-0.2, -0.15) is 0 Å². The zero-order chi connectivity index (χ0) is 10.9. The fraction of sp³-hybridized carbons (Fsp3) is 0.667. The van der Waals surface area contributed by atoms with Gasteiger partial charge in [0.05, 0.1) is 5.69 Å². The lowest BCUT2D eigenvalue weighted by atomic mass is 9.92. The summed E-state index contributed by atoms with van der Waals surface area (Å²) in [6.45, 7) is 8.60. The van der Waals surface area contributed by atoms with Crippen LogP contribution >= 0.6 is 0 Å². The molecule has 1 N–H and O–H groups in total. The van der Waals surface area contributed by atoms with Crippen molar-refractivity contribution in [1.82, 2.24) is 15.3 Å². The maximum Gasteiger partial charge on any atom is 0.129 e. The molecule has 0 atom stereocenters. The fourth-order valence-electron chi connectivity index (χ4n) is 1.83. The Kier molecular flexibility index (Phi) is 2.74. The van der Waals surface area contributed by atoms with Crippen LogP contribution in [0.2, 0.25) is 0 Å². The molecule has 0 unspecified atom stereocenters. The zero-order valence-electron chi connectivity index (χ0n) is 9.80. The van der Waals surface area contributed by atoms with Crippen molar-refractivity contribution >= 4 is 0 Å². The van der Waals surface area contributed by atoms with E-state index in [0.29, 0.717) is 0 Å². The van der Waals surface area contributed by atoms with Crippen molar-refractivity contribution in [2.24, 2.45) is 5.41 Å².